The van der Waals surface area contributed by atoms with Crippen LogP contribution in [0.15, 0.2) is 53.1 Å². The zero-order valence-corrected chi connectivity index (χ0v) is 16.4. The SMILES string of the molecule is Cc1c(COC(=O)/C=C/c2ccc3c(c2)OCCCO3)noc1-c1ccc(F)cc1. The standard InChI is InChI=1S/C23H20FNO5/c1-15-19(25-30-23(15)17-5-7-18(24)8-6-17)14-29-22(26)10-4-16-3-9-20-21(13-16)28-12-2-11-27-20/h3-10,13H,2,11-12,14H2,1H3/b10-4+. The van der Waals surface area contributed by atoms with Gasteiger partial charge in [0.15, 0.2) is 17.3 Å². The minimum atomic E-state index is -0.507. The highest BCUT2D eigenvalue weighted by Gasteiger charge is 2.15. The van der Waals surface area contributed by atoms with E-state index in [9.17, 15) is 9.18 Å². The van der Waals surface area contributed by atoms with Gasteiger partial charge in [0, 0.05) is 23.6 Å². The molecule has 0 saturated carbocycles. The van der Waals surface area contributed by atoms with E-state index in [1.54, 1.807) is 18.2 Å². The molecule has 7 heteroatoms. The van der Waals surface area contributed by atoms with Crippen LogP contribution in [0.4, 0.5) is 4.39 Å². The van der Waals surface area contributed by atoms with E-state index in [4.69, 9.17) is 18.7 Å². The van der Waals surface area contributed by atoms with Gasteiger partial charge < -0.3 is 18.7 Å². The lowest BCUT2D eigenvalue weighted by molar-refractivity contribution is -0.139. The van der Waals surface area contributed by atoms with Crippen LogP contribution in [0.1, 0.15) is 23.2 Å². The van der Waals surface area contributed by atoms with E-state index in [1.165, 1.54) is 18.2 Å². The van der Waals surface area contributed by atoms with E-state index in [2.05, 4.69) is 5.16 Å². The molecule has 0 saturated heterocycles. The molecule has 0 N–H and O–H groups in total. The average Bonchev–Trinajstić information content (AvgIpc) is 2.96. The molecule has 0 fully saturated rings. The fourth-order valence-electron chi connectivity index (χ4n) is 3.01. The number of halogens is 1. The van der Waals surface area contributed by atoms with E-state index in [0.29, 0.717) is 41.7 Å². The molecule has 3 aromatic rings. The summed E-state index contributed by atoms with van der Waals surface area (Å²) < 4.78 is 34.9. The number of ether oxygens (including phenoxy) is 3. The molecule has 2 aromatic carbocycles. The summed E-state index contributed by atoms with van der Waals surface area (Å²) in [6.45, 7) is 3.00. The van der Waals surface area contributed by atoms with Crippen molar-refractivity contribution in [2.45, 2.75) is 20.0 Å². The maximum absolute atomic E-state index is 13.1. The van der Waals surface area contributed by atoms with E-state index in [0.717, 1.165) is 17.5 Å². The molecule has 6 nitrogen and oxygen atoms in total. The maximum Gasteiger partial charge on any atom is 0.331 e. The number of rotatable bonds is 5. The third-order valence-corrected chi connectivity index (χ3v) is 4.66. The summed E-state index contributed by atoms with van der Waals surface area (Å²) in [6, 6.07) is 11.4. The van der Waals surface area contributed by atoms with E-state index in [1.807, 2.05) is 25.1 Å². The van der Waals surface area contributed by atoms with Gasteiger partial charge in [0.05, 0.1) is 13.2 Å². The Morgan fingerprint density at radius 3 is 2.70 bits per heavy atom. The van der Waals surface area contributed by atoms with E-state index < -0.39 is 5.97 Å². The highest BCUT2D eigenvalue weighted by Crippen LogP contribution is 2.31. The number of carbonyl (C=O) groups is 1. The van der Waals surface area contributed by atoms with Crippen LogP contribution in [0, 0.1) is 12.7 Å². The molecule has 2 heterocycles. The van der Waals surface area contributed by atoms with Crippen molar-refractivity contribution >= 4 is 12.0 Å². The summed E-state index contributed by atoms with van der Waals surface area (Å²) in [4.78, 5) is 12.1. The van der Waals surface area contributed by atoms with Gasteiger partial charge in [-0.1, -0.05) is 11.2 Å². The number of aromatic nitrogens is 1. The minimum Gasteiger partial charge on any atom is -0.490 e. The van der Waals surface area contributed by atoms with Gasteiger partial charge in [0.2, 0.25) is 0 Å². The van der Waals surface area contributed by atoms with Crippen molar-refractivity contribution in [2.75, 3.05) is 13.2 Å². The quantitative estimate of drug-likeness (QED) is 0.449. The van der Waals surface area contributed by atoms with Crippen LogP contribution in [0.2, 0.25) is 0 Å². The van der Waals surface area contributed by atoms with Crippen molar-refractivity contribution in [3.63, 3.8) is 0 Å². The Balaban J connectivity index is 1.37. The molecule has 1 aliphatic rings. The molecule has 0 atom stereocenters. The fourth-order valence-corrected chi connectivity index (χ4v) is 3.01. The highest BCUT2D eigenvalue weighted by atomic mass is 19.1. The molecule has 0 radical (unpaired) electrons. The van der Waals surface area contributed by atoms with Gasteiger partial charge in [0.1, 0.15) is 18.1 Å². The normalized spacial score (nSPS) is 13.3. The van der Waals surface area contributed by atoms with Crippen LogP contribution in [0.25, 0.3) is 17.4 Å². The number of esters is 1. The third-order valence-electron chi connectivity index (χ3n) is 4.66. The number of fused-ring (bicyclic) bond motifs is 1. The van der Waals surface area contributed by atoms with Crippen LogP contribution in [0.3, 0.4) is 0 Å². The predicted octanol–water partition coefficient (Wildman–Crippen LogP) is 4.71. The van der Waals surface area contributed by atoms with Crippen LogP contribution in [0.5, 0.6) is 11.5 Å². The second-order valence-electron chi connectivity index (χ2n) is 6.79. The second kappa shape index (κ2) is 8.82. The zero-order chi connectivity index (χ0) is 20.9. The average molecular weight is 409 g/mol. The molecule has 154 valence electrons. The van der Waals surface area contributed by atoms with Crippen molar-refractivity contribution in [2.24, 2.45) is 0 Å². The molecule has 1 aromatic heterocycles. The van der Waals surface area contributed by atoms with Crippen LogP contribution >= 0.6 is 0 Å². The minimum absolute atomic E-state index is 0.0269. The number of nitrogens with zero attached hydrogens (tertiary/aromatic N) is 1. The van der Waals surface area contributed by atoms with Gasteiger partial charge in [-0.05, 0) is 55.0 Å². The number of hydrogen-bond acceptors (Lipinski definition) is 6. The molecule has 0 spiro atoms. The number of benzene rings is 2. The van der Waals surface area contributed by atoms with Crippen LogP contribution < -0.4 is 9.47 Å². The molecule has 1 aliphatic heterocycles. The Kier molecular flexibility index (Phi) is 5.79. The molecule has 0 amide bonds. The molecule has 30 heavy (non-hydrogen) atoms. The molecule has 0 unspecified atom stereocenters. The Bertz CT molecular complexity index is 1070. The summed E-state index contributed by atoms with van der Waals surface area (Å²) in [7, 11) is 0. The summed E-state index contributed by atoms with van der Waals surface area (Å²) >= 11 is 0. The predicted molar refractivity (Wildman–Crippen MR) is 108 cm³/mol. The van der Waals surface area contributed by atoms with Gasteiger partial charge in [-0.2, -0.15) is 0 Å². The van der Waals surface area contributed by atoms with Gasteiger partial charge in [-0.15, -0.1) is 0 Å². The third kappa shape index (κ3) is 4.51. The summed E-state index contributed by atoms with van der Waals surface area (Å²) in [5, 5.41) is 3.96. The Labute approximate surface area is 172 Å². The molecular formula is C23H20FNO5. The summed E-state index contributed by atoms with van der Waals surface area (Å²) in [6.07, 6.45) is 3.82. The first-order chi connectivity index (χ1) is 14.6. The first-order valence-electron chi connectivity index (χ1n) is 9.56. The largest absolute Gasteiger partial charge is 0.490 e. The van der Waals surface area contributed by atoms with Crippen molar-refractivity contribution in [3.8, 4) is 22.8 Å². The van der Waals surface area contributed by atoms with Crippen molar-refractivity contribution in [1.82, 2.24) is 5.16 Å². The van der Waals surface area contributed by atoms with Crippen molar-refractivity contribution < 1.29 is 27.9 Å². The lowest BCUT2D eigenvalue weighted by Gasteiger charge is -2.07. The first-order valence-corrected chi connectivity index (χ1v) is 9.56. The maximum atomic E-state index is 13.1. The first kappa shape index (κ1) is 19.7. The smallest absolute Gasteiger partial charge is 0.331 e. The summed E-state index contributed by atoms with van der Waals surface area (Å²) in [5.41, 5.74) is 2.74. The Morgan fingerprint density at radius 1 is 1.13 bits per heavy atom. The molecule has 0 aliphatic carbocycles. The lowest BCUT2D eigenvalue weighted by atomic mass is 10.1. The highest BCUT2D eigenvalue weighted by molar-refractivity contribution is 5.87. The van der Waals surface area contributed by atoms with E-state index >= 15 is 0 Å². The topological polar surface area (TPSA) is 70.8 Å². The van der Waals surface area contributed by atoms with Gasteiger partial charge in [0.25, 0.3) is 0 Å². The van der Waals surface area contributed by atoms with Crippen LogP contribution in [-0.2, 0) is 16.1 Å². The summed E-state index contributed by atoms with van der Waals surface area (Å²) in [5.74, 6) is 1.04. The van der Waals surface area contributed by atoms with E-state index in [-0.39, 0.29) is 12.4 Å². The van der Waals surface area contributed by atoms with Gasteiger partial charge in [-0.3, -0.25) is 0 Å². The van der Waals surface area contributed by atoms with Crippen LogP contribution in [-0.4, -0.2) is 24.3 Å². The fraction of sp³-hybridized carbons (Fsp3) is 0.217. The lowest BCUT2D eigenvalue weighted by Crippen LogP contribution is -2.02. The molecule has 0 bridgehead atoms. The number of hydrogen-bond donors (Lipinski definition) is 0. The Hall–Kier alpha value is -3.61. The molecular weight excluding hydrogens is 389 g/mol. The van der Waals surface area contributed by atoms with Crippen molar-refractivity contribution in [3.05, 3.63) is 71.2 Å². The monoisotopic (exact) mass is 409 g/mol. The second-order valence-corrected chi connectivity index (χ2v) is 6.79. The zero-order valence-electron chi connectivity index (χ0n) is 16.4. The van der Waals surface area contributed by atoms with Gasteiger partial charge in [-0.25, -0.2) is 9.18 Å². The molecule has 4 rings (SSSR count). The van der Waals surface area contributed by atoms with Crippen molar-refractivity contribution in [1.29, 1.82) is 0 Å². The number of carbonyl (C=O) groups excluding carboxylic acids is 1. The Morgan fingerprint density at radius 2 is 1.90 bits per heavy atom. The van der Waals surface area contributed by atoms with Gasteiger partial charge >= 0.3 is 5.97 Å².